The smallest absolute Gasteiger partial charge is 0.373 e. The SMILES string of the molecule is COC(=O)c1ccc(CSCC(=O)Nc2ccc(C)cc2)o1. The van der Waals surface area contributed by atoms with Gasteiger partial charge in [-0.2, -0.15) is 0 Å². The number of furan rings is 1. The van der Waals surface area contributed by atoms with Crippen molar-refractivity contribution in [3.63, 3.8) is 0 Å². The van der Waals surface area contributed by atoms with Gasteiger partial charge in [0.15, 0.2) is 0 Å². The minimum atomic E-state index is -0.506. The molecular formula is C16H17NO4S. The van der Waals surface area contributed by atoms with Crippen molar-refractivity contribution in [3.8, 4) is 0 Å². The molecule has 0 fully saturated rings. The van der Waals surface area contributed by atoms with Gasteiger partial charge < -0.3 is 14.5 Å². The molecule has 2 rings (SSSR count). The third-order valence-electron chi connectivity index (χ3n) is 2.86. The van der Waals surface area contributed by atoms with Gasteiger partial charge in [0.1, 0.15) is 5.76 Å². The predicted molar refractivity (Wildman–Crippen MR) is 86.0 cm³/mol. The first-order valence-corrected chi connectivity index (χ1v) is 7.85. The van der Waals surface area contributed by atoms with Crippen LogP contribution in [0.25, 0.3) is 0 Å². The highest BCUT2D eigenvalue weighted by Crippen LogP contribution is 2.17. The second kappa shape index (κ2) is 7.70. The minimum absolute atomic E-state index is 0.0754. The van der Waals surface area contributed by atoms with Crippen LogP contribution in [-0.4, -0.2) is 24.7 Å². The van der Waals surface area contributed by atoms with Crippen LogP contribution in [-0.2, 0) is 15.3 Å². The number of hydrogen-bond acceptors (Lipinski definition) is 5. The molecule has 0 unspecified atom stereocenters. The minimum Gasteiger partial charge on any atom is -0.463 e. The second-order valence-electron chi connectivity index (χ2n) is 4.66. The number of aryl methyl sites for hydroxylation is 1. The van der Waals surface area contributed by atoms with E-state index in [4.69, 9.17) is 4.42 Å². The molecule has 6 heteroatoms. The predicted octanol–water partition coefficient (Wildman–Crippen LogP) is 3.25. The van der Waals surface area contributed by atoms with Crippen LogP contribution in [0.4, 0.5) is 5.69 Å². The van der Waals surface area contributed by atoms with Gasteiger partial charge in [-0.3, -0.25) is 4.79 Å². The van der Waals surface area contributed by atoms with Crippen LogP contribution < -0.4 is 5.32 Å². The van der Waals surface area contributed by atoms with E-state index in [9.17, 15) is 9.59 Å². The zero-order chi connectivity index (χ0) is 15.9. The molecule has 2 aromatic rings. The van der Waals surface area contributed by atoms with Gasteiger partial charge in [0.25, 0.3) is 0 Å². The first-order valence-electron chi connectivity index (χ1n) is 6.70. The Bertz CT molecular complexity index is 648. The van der Waals surface area contributed by atoms with Crippen LogP contribution in [0.5, 0.6) is 0 Å². The Morgan fingerprint density at radius 2 is 1.91 bits per heavy atom. The van der Waals surface area contributed by atoms with Crippen molar-refractivity contribution >= 4 is 29.3 Å². The fraction of sp³-hybridized carbons (Fsp3) is 0.250. The van der Waals surface area contributed by atoms with Crippen LogP contribution >= 0.6 is 11.8 Å². The monoisotopic (exact) mass is 319 g/mol. The van der Waals surface area contributed by atoms with Crippen molar-refractivity contribution in [1.82, 2.24) is 0 Å². The summed E-state index contributed by atoms with van der Waals surface area (Å²) in [5, 5.41) is 2.82. The van der Waals surface area contributed by atoms with Crippen LogP contribution in [0.15, 0.2) is 40.8 Å². The molecule has 0 radical (unpaired) electrons. The summed E-state index contributed by atoms with van der Waals surface area (Å²) >= 11 is 1.41. The van der Waals surface area contributed by atoms with Gasteiger partial charge in [0, 0.05) is 5.69 Å². The zero-order valence-electron chi connectivity index (χ0n) is 12.4. The molecule has 0 aliphatic rings. The molecular weight excluding hydrogens is 302 g/mol. The Labute approximate surface area is 133 Å². The molecule has 0 saturated heterocycles. The number of esters is 1. The summed E-state index contributed by atoms with van der Waals surface area (Å²) in [6.45, 7) is 1.99. The van der Waals surface area contributed by atoms with Gasteiger partial charge in [-0.1, -0.05) is 17.7 Å². The average molecular weight is 319 g/mol. The van der Waals surface area contributed by atoms with Crippen molar-refractivity contribution in [3.05, 3.63) is 53.5 Å². The molecule has 116 valence electrons. The molecule has 0 atom stereocenters. The van der Waals surface area contributed by atoms with E-state index in [1.807, 2.05) is 31.2 Å². The molecule has 1 amide bonds. The summed E-state index contributed by atoms with van der Waals surface area (Å²) in [7, 11) is 1.30. The molecule has 1 aromatic carbocycles. The third-order valence-corrected chi connectivity index (χ3v) is 3.82. The Morgan fingerprint density at radius 1 is 1.18 bits per heavy atom. The molecule has 5 nitrogen and oxygen atoms in total. The first-order chi connectivity index (χ1) is 10.6. The van der Waals surface area contributed by atoms with Crippen molar-refractivity contribution in [2.75, 3.05) is 18.2 Å². The summed E-state index contributed by atoms with van der Waals surface area (Å²) < 4.78 is 9.89. The Balaban J connectivity index is 1.76. The van der Waals surface area contributed by atoms with Gasteiger partial charge >= 0.3 is 5.97 Å². The molecule has 0 aliphatic heterocycles. The van der Waals surface area contributed by atoms with Gasteiger partial charge in [-0.15, -0.1) is 11.8 Å². The lowest BCUT2D eigenvalue weighted by Gasteiger charge is -2.05. The summed E-state index contributed by atoms with van der Waals surface area (Å²) in [6.07, 6.45) is 0. The molecule has 1 heterocycles. The van der Waals surface area contributed by atoms with E-state index >= 15 is 0 Å². The maximum atomic E-state index is 11.8. The quantitative estimate of drug-likeness (QED) is 0.828. The lowest BCUT2D eigenvalue weighted by Crippen LogP contribution is -2.14. The van der Waals surface area contributed by atoms with E-state index in [0.29, 0.717) is 17.3 Å². The summed E-state index contributed by atoms with van der Waals surface area (Å²) in [5.41, 5.74) is 1.92. The number of anilines is 1. The van der Waals surface area contributed by atoms with E-state index in [1.54, 1.807) is 12.1 Å². The van der Waals surface area contributed by atoms with Crippen LogP contribution in [0, 0.1) is 6.92 Å². The maximum absolute atomic E-state index is 11.8. The van der Waals surface area contributed by atoms with E-state index in [-0.39, 0.29) is 11.7 Å². The Morgan fingerprint density at radius 3 is 2.59 bits per heavy atom. The number of rotatable bonds is 6. The topological polar surface area (TPSA) is 68.5 Å². The van der Waals surface area contributed by atoms with Crippen LogP contribution in [0.2, 0.25) is 0 Å². The van der Waals surface area contributed by atoms with Crippen molar-refractivity contribution in [2.24, 2.45) is 0 Å². The average Bonchev–Trinajstić information content (AvgIpc) is 2.97. The highest BCUT2D eigenvalue weighted by molar-refractivity contribution is 7.99. The zero-order valence-corrected chi connectivity index (χ0v) is 13.2. The number of carbonyl (C=O) groups excluding carboxylic acids is 2. The van der Waals surface area contributed by atoms with E-state index in [0.717, 1.165) is 11.3 Å². The Kier molecular flexibility index (Phi) is 5.66. The van der Waals surface area contributed by atoms with E-state index in [1.165, 1.54) is 18.9 Å². The molecule has 0 spiro atoms. The lowest BCUT2D eigenvalue weighted by atomic mass is 10.2. The second-order valence-corrected chi connectivity index (χ2v) is 5.65. The number of nitrogens with one attached hydrogen (secondary N) is 1. The number of benzene rings is 1. The van der Waals surface area contributed by atoms with Crippen LogP contribution in [0.3, 0.4) is 0 Å². The van der Waals surface area contributed by atoms with Gasteiger partial charge in [0.05, 0.1) is 18.6 Å². The lowest BCUT2D eigenvalue weighted by molar-refractivity contribution is -0.113. The largest absolute Gasteiger partial charge is 0.463 e. The molecule has 1 N–H and O–H groups in total. The third kappa shape index (κ3) is 4.66. The number of methoxy groups -OCH3 is 1. The van der Waals surface area contributed by atoms with E-state index < -0.39 is 5.97 Å². The number of amides is 1. The number of carbonyl (C=O) groups is 2. The molecule has 0 saturated carbocycles. The summed E-state index contributed by atoms with van der Waals surface area (Å²) in [5.74, 6) is 1.04. The fourth-order valence-electron chi connectivity index (χ4n) is 1.74. The Hall–Kier alpha value is -2.21. The number of ether oxygens (including phenoxy) is 1. The van der Waals surface area contributed by atoms with Crippen molar-refractivity contribution in [2.45, 2.75) is 12.7 Å². The standard InChI is InChI=1S/C16H17NO4S/c1-11-3-5-12(6-4-11)17-15(18)10-22-9-13-7-8-14(21-13)16(19)20-2/h3-8H,9-10H2,1-2H3,(H,17,18). The maximum Gasteiger partial charge on any atom is 0.373 e. The van der Waals surface area contributed by atoms with Crippen LogP contribution in [0.1, 0.15) is 21.9 Å². The molecule has 22 heavy (non-hydrogen) atoms. The van der Waals surface area contributed by atoms with Gasteiger partial charge in [-0.05, 0) is 31.2 Å². The highest BCUT2D eigenvalue weighted by atomic mass is 32.2. The van der Waals surface area contributed by atoms with Gasteiger partial charge in [-0.25, -0.2) is 4.79 Å². The van der Waals surface area contributed by atoms with Crippen molar-refractivity contribution in [1.29, 1.82) is 0 Å². The summed E-state index contributed by atoms with van der Waals surface area (Å²) in [4.78, 5) is 23.1. The van der Waals surface area contributed by atoms with Gasteiger partial charge in [0.2, 0.25) is 11.7 Å². The fourth-order valence-corrected chi connectivity index (χ4v) is 2.46. The summed E-state index contributed by atoms with van der Waals surface area (Å²) in [6, 6.07) is 10.9. The molecule has 1 aromatic heterocycles. The number of hydrogen-bond donors (Lipinski definition) is 1. The molecule has 0 aliphatic carbocycles. The normalized spacial score (nSPS) is 10.3. The first kappa shape index (κ1) is 16.2. The highest BCUT2D eigenvalue weighted by Gasteiger charge is 2.11. The molecule has 0 bridgehead atoms. The van der Waals surface area contributed by atoms with E-state index in [2.05, 4.69) is 10.1 Å². The van der Waals surface area contributed by atoms with Crippen molar-refractivity contribution < 1.29 is 18.7 Å². The number of thioether (sulfide) groups is 1.